The molecule has 0 unspecified atom stereocenters. The average Bonchev–Trinajstić information content (AvgIpc) is 2.56. The first-order valence-corrected chi connectivity index (χ1v) is 5.78. The highest BCUT2D eigenvalue weighted by Crippen LogP contribution is 2.06. The van der Waals surface area contributed by atoms with E-state index in [1.165, 1.54) is 0 Å². The van der Waals surface area contributed by atoms with Crippen molar-refractivity contribution in [2.24, 2.45) is 7.05 Å². The Kier molecular flexibility index (Phi) is 4.69. The van der Waals surface area contributed by atoms with Gasteiger partial charge in [-0.15, -0.1) is 0 Å². The first kappa shape index (κ1) is 13.7. The summed E-state index contributed by atoms with van der Waals surface area (Å²) in [4.78, 5) is 11.4. The van der Waals surface area contributed by atoms with Crippen LogP contribution in [0.15, 0.2) is 12.3 Å². The number of hydrogen-bond acceptors (Lipinski definition) is 4. The van der Waals surface area contributed by atoms with E-state index in [0.717, 1.165) is 18.7 Å². The number of carbonyl (C=O) groups excluding carboxylic acids is 1. The van der Waals surface area contributed by atoms with Gasteiger partial charge in [-0.05, 0) is 26.8 Å². The molecule has 1 heterocycles. The highest BCUT2D eigenvalue weighted by Gasteiger charge is 2.15. The lowest BCUT2D eigenvalue weighted by Gasteiger charge is -2.19. The van der Waals surface area contributed by atoms with Crippen LogP contribution in [-0.2, 0) is 23.0 Å². The summed E-state index contributed by atoms with van der Waals surface area (Å²) in [6, 6.07) is 1.97. The SMILES string of the molecule is Cn1ccc(CCNCC(=O)OC(C)(C)C)n1. The zero-order chi connectivity index (χ0) is 12.9. The van der Waals surface area contributed by atoms with Gasteiger partial charge in [0.05, 0.1) is 12.2 Å². The summed E-state index contributed by atoms with van der Waals surface area (Å²) in [5.74, 6) is -0.224. The zero-order valence-electron chi connectivity index (χ0n) is 11.0. The first-order valence-electron chi connectivity index (χ1n) is 5.78. The fourth-order valence-electron chi connectivity index (χ4n) is 1.38. The smallest absolute Gasteiger partial charge is 0.320 e. The number of aromatic nitrogens is 2. The van der Waals surface area contributed by atoms with Crippen LogP contribution < -0.4 is 5.32 Å². The molecule has 1 N–H and O–H groups in total. The van der Waals surface area contributed by atoms with Crippen LogP contribution in [0.5, 0.6) is 0 Å². The third kappa shape index (κ3) is 6.06. The van der Waals surface area contributed by atoms with Crippen molar-refractivity contribution in [3.63, 3.8) is 0 Å². The van der Waals surface area contributed by atoms with E-state index in [-0.39, 0.29) is 12.5 Å². The van der Waals surface area contributed by atoms with Gasteiger partial charge in [0.15, 0.2) is 0 Å². The molecule has 17 heavy (non-hydrogen) atoms. The number of nitrogens with zero attached hydrogens (tertiary/aromatic N) is 2. The number of carbonyl (C=O) groups is 1. The molecule has 0 fully saturated rings. The van der Waals surface area contributed by atoms with Crippen LogP contribution in [0.1, 0.15) is 26.5 Å². The lowest BCUT2D eigenvalue weighted by Crippen LogP contribution is -2.32. The normalized spacial score (nSPS) is 11.5. The second-order valence-corrected chi connectivity index (χ2v) is 4.99. The Morgan fingerprint density at radius 3 is 2.76 bits per heavy atom. The Bertz CT molecular complexity index is 366. The van der Waals surface area contributed by atoms with Crippen molar-refractivity contribution >= 4 is 5.97 Å². The highest BCUT2D eigenvalue weighted by atomic mass is 16.6. The Balaban J connectivity index is 2.14. The molecule has 5 heteroatoms. The number of esters is 1. The van der Waals surface area contributed by atoms with Gasteiger partial charge in [-0.3, -0.25) is 9.48 Å². The van der Waals surface area contributed by atoms with Crippen LogP contribution in [0.25, 0.3) is 0 Å². The molecule has 0 saturated carbocycles. The fraction of sp³-hybridized carbons (Fsp3) is 0.667. The summed E-state index contributed by atoms with van der Waals surface area (Å²) in [5, 5.41) is 7.29. The van der Waals surface area contributed by atoms with Gasteiger partial charge in [0.1, 0.15) is 5.60 Å². The molecule has 1 rings (SSSR count). The van der Waals surface area contributed by atoms with Gasteiger partial charge in [0, 0.05) is 26.2 Å². The predicted molar refractivity (Wildman–Crippen MR) is 65.6 cm³/mol. The fourth-order valence-corrected chi connectivity index (χ4v) is 1.38. The van der Waals surface area contributed by atoms with E-state index >= 15 is 0 Å². The van der Waals surface area contributed by atoms with Crippen molar-refractivity contribution in [2.45, 2.75) is 32.8 Å². The van der Waals surface area contributed by atoms with Crippen molar-refractivity contribution < 1.29 is 9.53 Å². The van der Waals surface area contributed by atoms with Crippen LogP contribution in [0.3, 0.4) is 0 Å². The van der Waals surface area contributed by atoms with Gasteiger partial charge in [-0.1, -0.05) is 0 Å². The summed E-state index contributed by atoms with van der Waals surface area (Å²) >= 11 is 0. The maximum absolute atomic E-state index is 11.4. The van der Waals surface area contributed by atoms with Crippen LogP contribution >= 0.6 is 0 Å². The van der Waals surface area contributed by atoms with Gasteiger partial charge >= 0.3 is 5.97 Å². The Hall–Kier alpha value is -1.36. The second kappa shape index (κ2) is 5.82. The van der Waals surface area contributed by atoms with E-state index in [1.807, 2.05) is 40.1 Å². The largest absolute Gasteiger partial charge is 0.459 e. The van der Waals surface area contributed by atoms with Gasteiger partial charge in [-0.2, -0.15) is 5.10 Å². The van der Waals surface area contributed by atoms with E-state index in [4.69, 9.17) is 4.74 Å². The Morgan fingerprint density at radius 2 is 2.24 bits per heavy atom. The number of nitrogens with one attached hydrogen (secondary N) is 1. The summed E-state index contributed by atoms with van der Waals surface area (Å²) in [6.45, 7) is 6.54. The van der Waals surface area contributed by atoms with Crippen molar-refractivity contribution in [2.75, 3.05) is 13.1 Å². The molecule has 0 amide bonds. The van der Waals surface area contributed by atoms with Crippen molar-refractivity contribution in [3.8, 4) is 0 Å². The van der Waals surface area contributed by atoms with E-state index in [0.29, 0.717) is 0 Å². The van der Waals surface area contributed by atoms with Crippen LogP contribution in [0.2, 0.25) is 0 Å². The Morgan fingerprint density at radius 1 is 1.53 bits per heavy atom. The van der Waals surface area contributed by atoms with E-state index in [1.54, 1.807) is 4.68 Å². The maximum atomic E-state index is 11.4. The molecule has 0 aliphatic heterocycles. The molecular weight excluding hydrogens is 218 g/mol. The number of hydrogen-bond donors (Lipinski definition) is 1. The minimum Gasteiger partial charge on any atom is -0.459 e. The summed E-state index contributed by atoms with van der Waals surface area (Å²) < 4.78 is 6.94. The lowest BCUT2D eigenvalue weighted by atomic mass is 10.2. The van der Waals surface area contributed by atoms with Crippen LogP contribution in [0, 0.1) is 0 Å². The summed E-state index contributed by atoms with van der Waals surface area (Å²) in [7, 11) is 1.89. The number of rotatable bonds is 5. The average molecular weight is 239 g/mol. The highest BCUT2D eigenvalue weighted by molar-refractivity contribution is 5.72. The van der Waals surface area contributed by atoms with Crippen LogP contribution in [0.4, 0.5) is 0 Å². The van der Waals surface area contributed by atoms with Gasteiger partial charge < -0.3 is 10.1 Å². The van der Waals surface area contributed by atoms with E-state index < -0.39 is 5.60 Å². The Labute approximate surface area is 102 Å². The number of ether oxygens (including phenoxy) is 1. The van der Waals surface area contributed by atoms with Crippen molar-refractivity contribution in [1.29, 1.82) is 0 Å². The molecule has 0 aliphatic carbocycles. The molecule has 0 saturated heterocycles. The maximum Gasteiger partial charge on any atom is 0.320 e. The first-order chi connectivity index (χ1) is 7.87. The number of aryl methyl sites for hydroxylation is 1. The van der Waals surface area contributed by atoms with Gasteiger partial charge in [0.25, 0.3) is 0 Å². The minimum absolute atomic E-state index is 0.224. The monoisotopic (exact) mass is 239 g/mol. The second-order valence-electron chi connectivity index (χ2n) is 4.99. The summed E-state index contributed by atoms with van der Waals surface area (Å²) in [5.41, 5.74) is 0.601. The molecule has 0 aromatic carbocycles. The van der Waals surface area contributed by atoms with Gasteiger partial charge in [-0.25, -0.2) is 0 Å². The standard InChI is InChI=1S/C12H21N3O2/c1-12(2,3)17-11(16)9-13-7-5-10-6-8-15(4)14-10/h6,8,13H,5,7,9H2,1-4H3. The third-order valence-corrected chi connectivity index (χ3v) is 2.02. The predicted octanol–water partition coefficient (Wildman–Crippen LogP) is 0.894. The molecular formula is C12H21N3O2. The topological polar surface area (TPSA) is 56.2 Å². The molecule has 1 aromatic rings. The van der Waals surface area contributed by atoms with Crippen LogP contribution in [-0.4, -0.2) is 34.4 Å². The molecule has 1 aromatic heterocycles. The van der Waals surface area contributed by atoms with Crippen molar-refractivity contribution in [3.05, 3.63) is 18.0 Å². The third-order valence-electron chi connectivity index (χ3n) is 2.02. The lowest BCUT2D eigenvalue weighted by molar-refractivity contribution is -0.153. The molecule has 5 nitrogen and oxygen atoms in total. The molecule has 0 aliphatic rings. The minimum atomic E-state index is -0.417. The molecule has 0 radical (unpaired) electrons. The molecule has 0 bridgehead atoms. The molecule has 96 valence electrons. The molecule has 0 atom stereocenters. The van der Waals surface area contributed by atoms with E-state index in [2.05, 4.69) is 10.4 Å². The van der Waals surface area contributed by atoms with Crippen molar-refractivity contribution in [1.82, 2.24) is 15.1 Å². The van der Waals surface area contributed by atoms with E-state index in [9.17, 15) is 4.79 Å². The summed E-state index contributed by atoms with van der Waals surface area (Å²) in [6.07, 6.45) is 2.72. The zero-order valence-corrected chi connectivity index (χ0v) is 11.0. The molecule has 0 spiro atoms. The van der Waals surface area contributed by atoms with Gasteiger partial charge in [0.2, 0.25) is 0 Å². The quantitative estimate of drug-likeness (QED) is 0.612.